The van der Waals surface area contributed by atoms with Crippen LogP contribution in [0.3, 0.4) is 0 Å². The van der Waals surface area contributed by atoms with Gasteiger partial charge in [0.2, 0.25) is 0 Å². The van der Waals surface area contributed by atoms with Gasteiger partial charge in [-0.1, -0.05) is 78.9 Å². The predicted molar refractivity (Wildman–Crippen MR) is 78.0 cm³/mol. The molecule has 94 valence electrons. The molecule has 0 heterocycles. The molecule has 0 bridgehead atoms. The summed E-state index contributed by atoms with van der Waals surface area (Å²) in [6.07, 6.45) is 7.83. The molecule has 0 fully saturated rings. The lowest BCUT2D eigenvalue weighted by Crippen LogP contribution is -2.05. The second kappa shape index (κ2) is 5.25. The highest BCUT2D eigenvalue weighted by molar-refractivity contribution is 5.43. The molecule has 0 saturated heterocycles. The summed E-state index contributed by atoms with van der Waals surface area (Å²) in [6, 6.07) is 17.9. The van der Waals surface area contributed by atoms with E-state index in [4.69, 9.17) is 0 Å². The number of aliphatic hydroxyl groups is 1. The lowest BCUT2D eigenvalue weighted by Gasteiger charge is -2.18. The lowest BCUT2D eigenvalue weighted by atomic mass is 9.90. The molecule has 2 aromatic carbocycles. The summed E-state index contributed by atoms with van der Waals surface area (Å²) < 4.78 is 0. The first-order valence-electron chi connectivity index (χ1n) is 6.53. The maximum Gasteiger partial charge on any atom is 0.104 e. The normalized spacial score (nSPS) is 15.8. The van der Waals surface area contributed by atoms with Gasteiger partial charge in [0.1, 0.15) is 6.10 Å². The number of benzene rings is 2. The van der Waals surface area contributed by atoms with Crippen molar-refractivity contribution in [1.29, 1.82) is 0 Å². The van der Waals surface area contributed by atoms with E-state index in [1.165, 1.54) is 5.56 Å². The minimum absolute atomic E-state index is 0.273. The molecule has 0 saturated carbocycles. The molecule has 2 aromatic rings. The topological polar surface area (TPSA) is 20.2 Å². The van der Waals surface area contributed by atoms with Gasteiger partial charge >= 0.3 is 0 Å². The molecule has 0 aromatic heterocycles. The van der Waals surface area contributed by atoms with Crippen molar-refractivity contribution in [1.82, 2.24) is 0 Å². The Bertz CT molecular complexity index is 599. The van der Waals surface area contributed by atoms with Gasteiger partial charge in [-0.2, -0.15) is 0 Å². The maximum absolute atomic E-state index is 10.6. The van der Waals surface area contributed by atoms with E-state index in [2.05, 4.69) is 30.4 Å². The van der Waals surface area contributed by atoms with Crippen molar-refractivity contribution in [3.05, 3.63) is 95.6 Å². The largest absolute Gasteiger partial charge is 0.384 e. The Kier molecular flexibility index (Phi) is 3.30. The van der Waals surface area contributed by atoms with Crippen LogP contribution in [0.1, 0.15) is 28.7 Å². The Labute approximate surface area is 113 Å². The van der Waals surface area contributed by atoms with Gasteiger partial charge in [0, 0.05) is 5.92 Å². The zero-order chi connectivity index (χ0) is 13.1. The van der Waals surface area contributed by atoms with Gasteiger partial charge in [-0.25, -0.2) is 0 Å². The summed E-state index contributed by atoms with van der Waals surface area (Å²) >= 11 is 0. The second-order valence-corrected chi connectivity index (χ2v) is 4.74. The van der Waals surface area contributed by atoms with Crippen molar-refractivity contribution in [2.24, 2.45) is 0 Å². The van der Waals surface area contributed by atoms with Crippen molar-refractivity contribution < 1.29 is 5.11 Å². The second-order valence-electron chi connectivity index (χ2n) is 4.74. The van der Waals surface area contributed by atoms with E-state index < -0.39 is 6.10 Å². The van der Waals surface area contributed by atoms with Gasteiger partial charge in [-0.05, 0) is 16.7 Å². The van der Waals surface area contributed by atoms with Crippen LogP contribution < -0.4 is 0 Å². The van der Waals surface area contributed by atoms with E-state index >= 15 is 0 Å². The quantitative estimate of drug-likeness (QED) is 0.871. The highest BCUT2D eigenvalue weighted by Crippen LogP contribution is 2.32. The Hall–Kier alpha value is -2.12. The molecule has 1 atom stereocenters. The van der Waals surface area contributed by atoms with Crippen molar-refractivity contribution in [3.63, 3.8) is 0 Å². The molecule has 0 radical (unpaired) electrons. The summed E-state index contributed by atoms with van der Waals surface area (Å²) in [7, 11) is 0. The first-order valence-corrected chi connectivity index (χ1v) is 6.53. The number of rotatable bonds is 3. The SMILES string of the molecule is OC(c1ccccc1)c1ccccc1C1C=CC=C1. The smallest absolute Gasteiger partial charge is 0.104 e. The minimum atomic E-state index is -0.570. The summed E-state index contributed by atoms with van der Waals surface area (Å²) in [5, 5.41) is 10.6. The third-order valence-corrected chi connectivity index (χ3v) is 3.51. The Balaban J connectivity index is 2.01. The van der Waals surface area contributed by atoms with E-state index in [1.54, 1.807) is 0 Å². The third-order valence-electron chi connectivity index (χ3n) is 3.51. The molecular formula is C18H16O. The molecule has 0 amide bonds. The molecule has 0 aliphatic heterocycles. The predicted octanol–water partition coefficient (Wildman–Crippen LogP) is 3.98. The molecule has 1 unspecified atom stereocenters. The fraction of sp³-hybridized carbons (Fsp3) is 0.111. The minimum Gasteiger partial charge on any atom is -0.384 e. The zero-order valence-electron chi connectivity index (χ0n) is 10.6. The monoisotopic (exact) mass is 248 g/mol. The average molecular weight is 248 g/mol. The highest BCUT2D eigenvalue weighted by atomic mass is 16.3. The van der Waals surface area contributed by atoms with Crippen molar-refractivity contribution in [2.75, 3.05) is 0 Å². The molecule has 1 heteroatoms. The molecule has 1 nitrogen and oxygen atoms in total. The van der Waals surface area contributed by atoms with Gasteiger partial charge in [0.25, 0.3) is 0 Å². The van der Waals surface area contributed by atoms with Crippen LogP contribution in [-0.4, -0.2) is 5.11 Å². The molecule has 1 N–H and O–H groups in total. The lowest BCUT2D eigenvalue weighted by molar-refractivity contribution is 0.219. The Morgan fingerprint density at radius 2 is 1.42 bits per heavy atom. The van der Waals surface area contributed by atoms with Crippen molar-refractivity contribution >= 4 is 0 Å². The fourth-order valence-corrected chi connectivity index (χ4v) is 2.52. The molecule has 0 spiro atoms. The molecule has 19 heavy (non-hydrogen) atoms. The molecule has 1 aliphatic rings. The summed E-state index contributed by atoms with van der Waals surface area (Å²) in [6.45, 7) is 0. The number of allylic oxidation sites excluding steroid dienone is 4. The third kappa shape index (κ3) is 2.38. The van der Waals surface area contributed by atoms with Crippen LogP contribution in [0.5, 0.6) is 0 Å². The van der Waals surface area contributed by atoms with Gasteiger partial charge in [-0.3, -0.25) is 0 Å². The van der Waals surface area contributed by atoms with Gasteiger partial charge in [0.15, 0.2) is 0 Å². The van der Waals surface area contributed by atoms with Crippen LogP contribution in [0.4, 0.5) is 0 Å². The van der Waals surface area contributed by atoms with Crippen LogP contribution in [0.15, 0.2) is 78.9 Å². The summed E-state index contributed by atoms with van der Waals surface area (Å²) in [5.41, 5.74) is 3.08. The highest BCUT2D eigenvalue weighted by Gasteiger charge is 2.18. The fourth-order valence-electron chi connectivity index (χ4n) is 2.52. The van der Waals surface area contributed by atoms with E-state index in [-0.39, 0.29) is 5.92 Å². The summed E-state index contributed by atoms with van der Waals surface area (Å²) in [4.78, 5) is 0. The van der Waals surface area contributed by atoms with Crippen LogP contribution in [0.2, 0.25) is 0 Å². The molecule has 3 rings (SSSR count). The van der Waals surface area contributed by atoms with Crippen LogP contribution in [0, 0.1) is 0 Å². The first-order chi connectivity index (χ1) is 9.36. The first kappa shape index (κ1) is 11.9. The number of aliphatic hydroxyl groups excluding tert-OH is 1. The molecular weight excluding hydrogens is 232 g/mol. The molecule has 1 aliphatic carbocycles. The van der Waals surface area contributed by atoms with E-state index in [9.17, 15) is 5.11 Å². The van der Waals surface area contributed by atoms with Crippen LogP contribution >= 0.6 is 0 Å². The van der Waals surface area contributed by atoms with Crippen LogP contribution in [-0.2, 0) is 0 Å². The summed E-state index contributed by atoms with van der Waals surface area (Å²) in [5.74, 6) is 0.273. The number of hydrogen-bond acceptors (Lipinski definition) is 1. The van der Waals surface area contributed by atoms with E-state index in [0.29, 0.717) is 0 Å². The van der Waals surface area contributed by atoms with Gasteiger partial charge in [0.05, 0.1) is 0 Å². The Morgan fingerprint density at radius 1 is 0.789 bits per heavy atom. The van der Waals surface area contributed by atoms with E-state index in [0.717, 1.165) is 11.1 Å². The average Bonchev–Trinajstić information content (AvgIpc) is 3.01. The van der Waals surface area contributed by atoms with Gasteiger partial charge < -0.3 is 5.11 Å². The zero-order valence-corrected chi connectivity index (χ0v) is 10.6. The maximum atomic E-state index is 10.6. The van der Waals surface area contributed by atoms with Crippen molar-refractivity contribution in [2.45, 2.75) is 12.0 Å². The Morgan fingerprint density at radius 3 is 2.16 bits per heavy atom. The standard InChI is InChI=1S/C18H16O/c19-18(15-10-2-1-3-11-15)17-13-7-6-12-16(17)14-8-4-5-9-14/h1-14,18-19H. The van der Waals surface area contributed by atoms with E-state index in [1.807, 2.05) is 48.5 Å². The number of hydrogen-bond donors (Lipinski definition) is 1. The van der Waals surface area contributed by atoms with Crippen molar-refractivity contribution in [3.8, 4) is 0 Å². The van der Waals surface area contributed by atoms with Crippen LogP contribution in [0.25, 0.3) is 0 Å². The van der Waals surface area contributed by atoms with Gasteiger partial charge in [-0.15, -0.1) is 0 Å².